The Kier molecular flexibility index (Phi) is 6.78. The van der Waals surface area contributed by atoms with Crippen molar-refractivity contribution in [2.24, 2.45) is 0 Å². The van der Waals surface area contributed by atoms with Gasteiger partial charge in [-0.05, 0) is 58.8 Å². The number of unbranched alkanes of at least 4 members (excludes halogenated alkanes) is 1. The van der Waals surface area contributed by atoms with E-state index in [1.807, 2.05) is 0 Å². The Labute approximate surface area is 105 Å². The molecule has 1 N–H and O–H groups in total. The van der Waals surface area contributed by atoms with Crippen LogP contribution >= 0.6 is 11.8 Å². The van der Waals surface area contributed by atoms with Crippen molar-refractivity contribution in [3.63, 3.8) is 0 Å². The third kappa shape index (κ3) is 7.53. The molecular formula is C13H27NOS. The molecule has 3 heteroatoms. The van der Waals surface area contributed by atoms with E-state index in [-0.39, 0.29) is 5.54 Å². The quantitative estimate of drug-likeness (QED) is 0.727. The molecule has 0 aromatic carbocycles. The summed E-state index contributed by atoms with van der Waals surface area (Å²) in [4.78, 5) is 0. The molecule has 96 valence electrons. The lowest BCUT2D eigenvalue weighted by Gasteiger charge is -2.22. The normalized spacial score (nSPS) is 18.9. The number of hydrogen-bond acceptors (Lipinski definition) is 3. The summed E-state index contributed by atoms with van der Waals surface area (Å²) in [6.07, 6.45) is 5.15. The van der Waals surface area contributed by atoms with Gasteiger partial charge in [-0.3, -0.25) is 0 Å². The molecule has 0 saturated carbocycles. The predicted octanol–water partition coefficient (Wildman–Crippen LogP) is 3.07. The fourth-order valence-corrected chi connectivity index (χ4v) is 3.01. The molecule has 1 aliphatic heterocycles. The summed E-state index contributed by atoms with van der Waals surface area (Å²) in [6, 6.07) is 0. The van der Waals surface area contributed by atoms with Gasteiger partial charge in [0.2, 0.25) is 0 Å². The summed E-state index contributed by atoms with van der Waals surface area (Å²) >= 11 is 2.15. The highest BCUT2D eigenvalue weighted by Crippen LogP contribution is 2.22. The second-order valence-corrected chi connectivity index (χ2v) is 6.97. The zero-order valence-electron chi connectivity index (χ0n) is 11.1. The van der Waals surface area contributed by atoms with Gasteiger partial charge >= 0.3 is 0 Å². The molecule has 0 amide bonds. The maximum Gasteiger partial charge on any atom is 0.0476 e. The molecule has 0 aliphatic carbocycles. The predicted molar refractivity (Wildman–Crippen MR) is 73.3 cm³/mol. The van der Waals surface area contributed by atoms with E-state index in [0.717, 1.165) is 25.0 Å². The fourth-order valence-electron chi connectivity index (χ4n) is 1.78. The summed E-state index contributed by atoms with van der Waals surface area (Å²) in [5, 5.41) is 4.40. The maximum absolute atomic E-state index is 5.36. The van der Waals surface area contributed by atoms with E-state index in [9.17, 15) is 0 Å². The number of hydrogen-bond donors (Lipinski definition) is 1. The van der Waals surface area contributed by atoms with Crippen molar-refractivity contribution in [1.82, 2.24) is 5.32 Å². The van der Waals surface area contributed by atoms with Crippen molar-refractivity contribution in [1.29, 1.82) is 0 Å². The third-order valence-corrected chi connectivity index (χ3v) is 4.22. The van der Waals surface area contributed by atoms with Crippen molar-refractivity contribution in [3.8, 4) is 0 Å². The molecule has 1 rings (SSSR count). The first kappa shape index (κ1) is 14.3. The van der Waals surface area contributed by atoms with Crippen LogP contribution in [-0.2, 0) is 4.74 Å². The van der Waals surface area contributed by atoms with Crippen LogP contribution in [0, 0.1) is 0 Å². The molecule has 0 aromatic rings. The van der Waals surface area contributed by atoms with Gasteiger partial charge in [-0.1, -0.05) is 0 Å². The van der Waals surface area contributed by atoms with Crippen LogP contribution in [0.25, 0.3) is 0 Å². The van der Waals surface area contributed by atoms with E-state index in [2.05, 4.69) is 37.8 Å². The Balaban J connectivity index is 1.87. The molecule has 1 aliphatic rings. The van der Waals surface area contributed by atoms with Gasteiger partial charge in [-0.25, -0.2) is 0 Å². The van der Waals surface area contributed by atoms with E-state index in [1.165, 1.54) is 31.4 Å². The Bertz CT molecular complexity index is 173. The van der Waals surface area contributed by atoms with Crippen LogP contribution in [0.2, 0.25) is 0 Å². The Morgan fingerprint density at radius 3 is 2.50 bits per heavy atom. The van der Waals surface area contributed by atoms with Gasteiger partial charge in [0.15, 0.2) is 0 Å². The van der Waals surface area contributed by atoms with Gasteiger partial charge < -0.3 is 10.1 Å². The maximum atomic E-state index is 5.36. The molecule has 0 radical (unpaired) electrons. The van der Waals surface area contributed by atoms with Crippen molar-refractivity contribution >= 4 is 11.8 Å². The van der Waals surface area contributed by atoms with Crippen molar-refractivity contribution < 1.29 is 4.74 Å². The van der Waals surface area contributed by atoms with Crippen LogP contribution in [0.4, 0.5) is 0 Å². The summed E-state index contributed by atoms with van der Waals surface area (Å²) in [6.45, 7) is 9.78. The number of thioether (sulfide) groups is 1. The zero-order valence-corrected chi connectivity index (χ0v) is 11.9. The van der Waals surface area contributed by atoms with Crippen molar-refractivity contribution in [2.45, 2.75) is 57.2 Å². The summed E-state index contributed by atoms with van der Waals surface area (Å²) in [5.41, 5.74) is 0.272. The minimum absolute atomic E-state index is 0.272. The van der Waals surface area contributed by atoms with Gasteiger partial charge in [-0.15, -0.1) is 0 Å². The molecule has 0 aromatic heterocycles. The second kappa shape index (κ2) is 7.57. The lowest BCUT2D eigenvalue weighted by Crippen LogP contribution is -2.36. The molecule has 0 spiro atoms. The average molecular weight is 245 g/mol. The van der Waals surface area contributed by atoms with E-state index in [4.69, 9.17) is 4.74 Å². The second-order valence-electron chi connectivity index (χ2n) is 5.57. The monoisotopic (exact) mass is 245 g/mol. The fraction of sp³-hybridized carbons (Fsp3) is 1.00. The van der Waals surface area contributed by atoms with Crippen LogP contribution < -0.4 is 5.32 Å². The smallest absolute Gasteiger partial charge is 0.0476 e. The van der Waals surface area contributed by atoms with Crippen molar-refractivity contribution in [3.05, 3.63) is 0 Å². The highest BCUT2D eigenvalue weighted by molar-refractivity contribution is 7.99. The van der Waals surface area contributed by atoms with Crippen LogP contribution in [0.5, 0.6) is 0 Å². The lowest BCUT2D eigenvalue weighted by atomic mass is 10.1. The molecule has 0 atom stereocenters. The number of rotatable bonds is 6. The molecule has 0 bridgehead atoms. The van der Waals surface area contributed by atoms with Gasteiger partial charge in [0.25, 0.3) is 0 Å². The summed E-state index contributed by atoms with van der Waals surface area (Å²) in [7, 11) is 0. The van der Waals surface area contributed by atoms with Crippen molar-refractivity contribution in [2.75, 3.05) is 25.5 Å². The molecule has 1 fully saturated rings. The highest BCUT2D eigenvalue weighted by atomic mass is 32.2. The topological polar surface area (TPSA) is 21.3 Å². The summed E-state index contributed by atoms with van der Waals surface area (Å²) < 4.78 is 5.36. The van der Waals surface area contributed by atoms with Crippen LogP contribution in [0.1, 0.15) is 46.5 Å². The van der Waals surface area contributed by atoms with E-state index in [1.54, 1.807) is 0 Å². The van der Waals surface area contributed by atoms with E-state index < -0.39 is 0 Å². The van der Waals surface area contributed by atoms with Crippen LogP contribution in [-0.4, -0.2) is 36.3 Å². The first-order chi connectivity index (χ1) is 7.58. The molecule has 1 saturated heterocycles. The van der Waals surface area contributed by atoms with Crippen LogP contribution in [0.15, 0.2) is 0 Å². The molecular weight excluding hydrogens is 218 g/mol. The van der Waals surface area contributed by atoms with Gasteiger partial charge in [-0.2, -0.15) is 11.8 Å². The molecule has 0 unspecified atom stereocenters. The van der Waals surface area contributed by atoms with E-state index >= 15 is 0 Å². The minimum Gasteiger partial charge on any atom is -0.381 e. The van der Waals surface area contributed by atoms with Gasteiger partial charge in [0, 0.05) is 24.0 Å². The largest absolute Gasteiger partial charge is 0.381 e. The summed E-state index contributed by atoms with van der Waals surface area (Å²) in [5.74, 6) is 1.32. The van der Waals surface area contributed by atoms with Gasteiger partial charge in [0.05, 0.1) is 0 Å². The highest BCUT2D eigenvalue weighted by Gasteiger charge is 2.13. The first-order valence-corrected chi connectivity index (χ1v) is 7.57. The number of ether oxygens (including phenoxy) is 1. The Morgan fingerprint density at radius 2 is 1.88 bits per heavy atom. The lowest BCUT2D eigenvalue weighted by molar-refractivity contribution is 0.100. The third-order valence-electron chi connectivity index (χ3n) is 2.75. The minimum atomic E-state index is 0.272. The first-order valence-electron chi connectivity index (χ1n) is 6.52. The van der Waals surface area contributed by atoms with Gasteiger partial charge in [0.1, 0.15) is 0 Å². The standard InChI is InChI=1S/C13H27NOS/c1-13(2,3)14-8-4-5-11-16-12-6-9-15-10-7-12/h12,14H,4-11H2,1-3H3. The molecule has 2 nitrogen and oxygen atoms in total. The Hall–Kier alpha value is 0.270. The zero-order chi connectivity index (χ0) is 11.9. The number of nitrogens with one attached hydrogen (secondary N) is 1. The SMILES string of the molecule is CC(C)(C)NCCCCSC1CCOCC1. The molecule has 16 heavy (non-hydrogen) atoms. The molecule has 1 heterocycles. The van der Waals surface area contributed by atoms with Crippen LogP contribution in [0.3, 0.4) is 0 Å². The Morgan fingerprint density at radius 1 is 1.19 bits per heavy atom. The average Bonchev–Trinajstić information content (AvgIpc) is 2.23. The van der Waals surface area contributed by atoms with E-state index in [0.29, 0.717) is 0 Å².